The van der Waals surface area contributed by atoms with Crippen molar-refractivity contribution in [2.24, 2.45) is 0 Å². The number of hydrogen-bond donors (Lipinski definition) is 3. The number of aliphatic hydroxyl groups excluding tert-OH is 2. The van der Waals surface area contributed by atoms with Gasteiger partial charge in [0.15, 0.2) is 5.78 Å². The van der Waals surface area contributed by atoms with Crippen molar-refractivity contribution >= 4 is 30.2 Å². The first-order valence-corrected chi connectivity index (χ1v) is 9.15. The van der Waals surface area contributed by atoms with Crippen molar-refractivity contribution in [3.8, 4) is 5.75 Å². The number of benzene rings is 2. The smallest absolute Gasteiger partial charge is 0.196 e. The van der Waals surface area contributed by atoms with E-state index in [0.717, 1.165) is 0 Å². The van der Waals surface area contributed by atoms with Crippen LogP contribution >= 0.6 is 24.4 Å². The molecule has 0 amide bonds. The maximum absolute atomic E-state index is 12.7. The topological polar surface area (TPSA) is 66.8 Å². The Kier molecular flexibility index (Phi) is 5.50. The number of aliphatic hydroxyl groups is 2. The van der Waals surface area contributed by atoms with Gasteiger partial charge in [0.2, 0.25) is 0 Å². The van der Waals surface area contributed by atoms with Crippen molar-refractivity contribution in [3.63, 3.8) is 0 Å². The number of hydrogen-bond acceptors (Lipinski definition) is 6. The van der Waals surface area contributed by atoms with E-state index in [1.54, 1.807) is 48.5 Å². The van der Waals surface area contributed by atoms with E-state index in [-0.39, 0.29) is 10.4 Å². The molecule has 126 valence electrons. The van der Waals surface area contributed by atoms with Gasteiger partial charge in [0.1, 0.15) is 18.0 Å². The van der Waals surface area contributed by atoms with Gasteiger partial charge >= 0.3 is 0 Å². The third kappa shape index (κ3) is 3.62. The van der Waals surface area contributed by atoms with Crippen molar-refractivity contribution in [2.75, 3.05) is 5.75 Å². The average Bonchev–Trinajstić information content (AvgIpc) is 2.62. The Labute approximate surface area is 150 Å². The van der Waals surface area contributed by atoms with E-state index in [4.69, 9.17) is 4.74 Å². The van der Waals surface area contributed by atoms with Crippen LogP contribution in [-0.2, 0) is 0 Å². The predicted octanol–water partition coefficient (Wildman–Crippen LogP) is 2.39. The van der Waals surface area contributed by atoms with Crippen LogP contribution in [0.15, 0.2) is 54.6 Å². The first kappa shape index (κ1) is 17.4. The predicted molar refractivity (Wildman–Crippen MR) is 98.0 cm³/mol. The number of rotatable bonds is 4. The van der Waals surface area contributed by atoms with Gasteiger partial charge in [0.25, 0.3) is 0 Å². The zero-order chi connectivity index (χ0) is 17.1. The number of para-hydroxylation sites is 1. The van der Waals surface area contributed by atoms with Crippen LogP contribution in [0, 0.1) is 0 Å². The zero-order valence-electron chi connectivity index (χ0n) is 12.8. The zero-order valence-corrected chi connectivity index (χ0v) is 14.5. The summed E-state index contributed by atoms with van der Waals surface area (Å²) in [4.78, 5) is 12.7. The highest BCUT2D eigenvalue weighted by Crippen LogP contribution is 2.33. The largest absolute Gasteiger partial charge is 0.485 e. The second-order valence-electron chi connectivity index (χ2n) is 5.56. The van der Waals surface area contributed by atoms with Crippen LogP contribution in [0.3, 0.4) is 0 Å². The number of ketones is 1. The molecule has 1 heterocycles. The minimum absolute atomic E-state index is 0.152. The Morgan fingerprint density at radius 3 is 2.50 bits per heavy atom. The van der Waals surface area contributed by atoms with Crippen molar-refractivity contribution in [1.82, 2.24) is 0 Å². The Morgan fingerprint density at radius 1 is 1.08 bits per heavy atom. The third-order valence-electron chi connectivity index (χ3n) is 3.88. The van der Waals surface area contributed by atoms with Crippen LogP contribution in [0.25, 0.3) is 0 Å². The summed E-state index contributed by atoms with van der Waals surface area (Å²) in [7, 11) is 0. The fourth-order valence-electron chi connectivity index (χ4n) is 2.55. The number of carbonyl (C=O) groups is 1. The summed E-state index contributed by atoms with van der Waals surface area (Å²) >= 11 is 5.84. The number of thiol groups is 1. The van der Waals surface area contributed by atoms with Gasteiger partial charge in [-0.25, -0.2) is 0 Å². The van der Waals surface area contributed by atoms with E-state index in [2.05, 4.69) is 12.6 Å². The van der Waals surface area contributed by atoms with Crippen LogP contribution < -0.4 is 4.74 Å². The van der Waals surface area contributed by atoms with E-state index in [1.807, 2.05) is 6.07 Å². The molecule has 0 aliphatic carbocycles. The molecule has 1 aliphatic rings. The summed E-state index contributed by atoms with van der Waals surface area (Å²) in [6, 6.07) is 15.9. The molecule has 1 aliphatic heterocycles. The molecular weight excluding hydrogens is 344 g/mol. The lowest BCUT2D eigenvalue weighted by Crippen LogP contribution is -2.50. The van der Waals surface area contributed by atoms with E-state index in [0.29, 0.717) is 22.6 Å². The van der Waals surface area contributed by atoms with Crippen LogP contribution in [0.5, 0.6) is 5.75 Å². The number of ether oxygens (including phenoxy) is 1. The molecule has 2 aromatic carbocycles. The van der Waals surface area contributed by atoms with Gasteiger partial charge in [-0.3, -0.25) is 4.79 Å². The summed E-state index contributed by atoms with van der Waals surface area (Å²) in [6.45, 7) is 0. The van der Waals surface area contributed by atoms with Gasteiger partial charge in [0.05, 0.1) is 16.2 Å². The molecule has 0 bridgehead atoms. The fraction of sp³-hybridized carbons (Fsp3) is 0.278. The first-order chi connectivity index (χ1) is 11.6. The lowest BCUT2D eigenvalue weighted by Gasteiger charge is -2.36. The molecule has 2 aromatic rings. The second-order valence-corrected chi connectivity index (χ2v) is 7.64. The summed E-state index contributed by atoms with van der Waals surface area (Å²) in [5.41, 5.74) is 0.982. The molecule has 0 unspecified atom stereocenters. The fourth-order valence-corrected chi connectivity index (χ4v) is 4.05. The lowest BCUT2D eigenvalue weighted by atomic mass is 10.0. The summed E-state index contributed by atoms with van der Waals surface area (Å²) < 4.78 is 5.61. The SMILES string of the molecule is O=C(c1ccccc1)c1ccccc1O[C@@H]1[C@@H](O)[C@H](O)CS[C@H]1S. The van der Waals surface area contributed by atoms with Gasteiger partial charge in [-0.05, 0) is 12.1 Å². The molecule has 3 rings (SSSR count). The highest BCUT2D eigenvalue weighted by Gasteiger charge is 2.39. The van der Waals surface area contributed by atoms with Gasteiger partial charge in [-0.2, -0.15) is 12.6 Å². The van der Waals surface area contributed by atoms with Crippen LogP contribution in [0.4, 0.5) is 0 Å². The maximum atomic E-state index is 12.7. The highest BCUT2D eigenvalue weighted by molar-refractivity contribution is 8.10. The normalized spacial score (nSPS) is 26.8. The molecule has 0 saturated carbocycles. The van der Waals surface area contributed by atoms with E-state index in [9.17, 15) is 15.0 Å². The van der Waals surface area contributed by atoms with Gasteiger partial charge in [-0.15, -0.1) is 11.8 Å². The van der Waals surface area contributed by atoms with Crippen molar-refractivity contribution < 1.29 is 19.7 Å². The third-order valence-corrected chi connectivity index (χ3v) is 5.77. The molecule has 0 spiro atoms. The quantitative estimate of drug-likeness (QED) is 0.576. The molecule has 1 fully saturated rings. The molecule has 0 aromatic heterocycles. The van der Waals surface area contributed by atoms with E-state index in [1.165, 1.54) is 11.8 Å². The Morgan fingerprint density at radius 2 is 1.75 bits per heavy atom. The minimum atomic E-state index is -1.05. The number of thioether (sulfide) groups is 1. The van der Waals surface area contributed by atoms with Crippen molar-refractivity contribution in [2.45, 2.75) is 22.9 Å². The van der Waals surface area contributed by atoms with Gasteiger partial charge in [0, 0.05) is 11.3 Å². The van der Waals surface area contributed by atoms with Crippen LogP contribution in [0.2, 0.25) is 0 Å². The maximum Gasteiger partial charge on any atom is 0.196 e. The molecular formula is C18H18O4S2. The van der Waals surface area contributed by atoms with Gasteiger partial charge in [-0.1, -0.05) is 42.5 Å². The number of carbonyl (C=O) groups excluding carboxylic acids is 1. The lowest BCUT2D eigenvalue weighted by molar-refractivity contribution is -0.0373. The summed E-state index contributed by atoms with van der Waals surface area (Å²) in [6.07, 6.45) is -2.62. The molecule has 4 nitrogen and oxygen atoms in total. The van der Waals surface area contributed by atoms with E-state index >= 15 is 0 Å². The van der Waals surface area contributed by atoms with Crippen molar-refractivity contribution in [3.05, 3.63) is 65.7 Å². The molecule has 0 radical (unpaired) electrons. The van der Waals surface area contributed by atoms with Gasteiger partial charge < -0.3 is 14.9 Å². The Balaban J connectivity index is 1.88. The monoisotopic (exact) mass is 362 g/mol. The standard InChI is InChI=1S/C18H18O4S2/c19-13-10-24-18(23)17(16(13)21)22-14-9-5-4-8-12(14)15(20)11-6-2-1-3-7-11/h1-9,13,16-19,21,23H,10H2/t13-,16+,17-,18-/m1/s1. The van der Waals surface area contributed by atoms with E-state index < -0.39 is 18.3 Å². The molecule has 6 heteroatoms. The second kappa shape index (κ2) is 7.61. The summed E-state index contributed by atoms with van der Waals surface area (Å²) in [5.74, 6) is 0.629. The molecule has 4 atom stereocenters. The minimum Gasteiger partial charge on any atom is -0.485 e. The molecule has 1 saturated heterocycles. The first-order valence-electron chi connectivity index (χ1n) is 7.59. The molecule has 2 N–H and O–H groups in total. The Bertz CT molecular complexity index is 707. The van der Waals surface area contributed by atoms with Crippen LogP contribution in [-0.4, -0.2) is 44.6 Å². The molecule has 24 heavy (non-hydrogen) atoms. The highest BCUT2D eigenvalue weighted by atomic mass is 32.2. The van der Waals surface area contributed by atoms with Crippen LogP contribution in [0.1, 0.15) is 15.9 Å². The Hall–Kier alpha value is -1.47. The summed E-state index contributed by atoms with van der Waals surface area (Å²) in [5, 5.41) is 20.0. The average molecular weight is 362 g/mol. The van der Waals surface area contributed by atoms with Crippen molar-refractivity contribution in [1.29, 1.82) is 0 Å².